The zero-order chi connectivity index (χ0) is 13.7. The minimum Gasteiger partial charge on any atom is -0.314 e. The van der Waals surface area contributed by atoms with Gasteiger partial charge in [0, 0.05) is 32.2 Å². The van der Waals surface area contributed by atoms with Crippen LogP contribution in [0.5, 0.6) is 0 Å². The lowest BCUT2D eigenvalue weighted by atomic mass is 9.97. The van der Waals surface area contributed by atoms with Crippen molar-refractivity contribution in [2.45, 2.75) is 32.2 Å². The second-order valence-electron chi connectivity index (χ2n) is 5.49. The van der Waals surface area contributed by atoms with E-state index in [0.29, 0.717) is 12.3 Å². The standard InChI is InChI=1S/C16H23N3.2ClH/c1-13(2)14-3-5-15(6-4-14)16(7-8-17)19-11-9-18-10-12-19;;/h3-6,13,16,18H,7,9-12H2,1-2H3;2*1H/t16-;;/m1../s1. The van der Waals surface area contributed by atoms with Gasteiger partial charge in [0.05, 0.1) is 12.5 Å². The quantitative estimate of drug-likeness (QED) is 0.918. The topological polar surface area (TPSA) is 39.1 Å². The van der Waals surface area contributed by atoms with E-state index in [1.165, 1.54) is 11.1 Å². The summed E-state index contributed by atoms with van der Waals surface area (Å²) >= 11 is 0. The van der Waals surface area contributed by atoms with Crippen LogP contribution in [0.3, 0.4) is 0 Å². The average molecular weight is 330 g/mol. The normalized spacial score (nSPS) is 16.5. The van der Waals surface area contributed by atoms with Crippen LogP contribution in [-0.4, -0.2) is 31.1 Å². The zero-order valence-corrected chi connectivity index (χ0v) is 14.3. The van der Waals surface area contributed by atoms with E-state index in [-0.39, 0.29) is 30.9 Å². The van der Waals surface area contributed by atoms with Crippen LogP contribution in [0, 0.1) is 11.3 Å². The molecule has 0 spiro atoms. The van der Waals surface area contributed by atoms with Gasteiger partial charge in [-0.2, -0.15) is 5.26 Å². The highest BCUT2D eigenvalue weighted by molar-refractivity contribution is 5.85. The molecule has 1 saturated heterocycles. The van der Waals surface area contributed by atoms with Crippen LogP contribution in [0.1, 0.15) is 43.4 Å². The van der Waals surface area contributed by atoms with Crippen LogP contribution >= 0.6 is 24.8 Å². The summed E-state index contributed by atoms with van der Waals surface area (Å²) in [6.07, 6.45) is 0.570. The highest BCUT2D eigenvalue weighted by Gasteiger charge is 2.21. The smallest absolute Gasteiger partial charge is 0.0641 e. The number of hydrogen-bond donors (Lipinski definition) is 1. The Bertz CT molecular complexity index is 434. The zero-order valence-electron chi connectivity index (χ0n) is 12.7. The number of nitrogens with zero attached hydrogens (tertiary/aromatic N) is 2. The van der Waals surface area contributed by atoms with Gasteiger partial charge in [0.1, 0.15) is 0 Å². The molecule has 1 N–H and O–H groups in total. The van der Waals surface area contributed by atoms with E-state index in [1.54, 1.807) is 0 Å². The van der Waals surface area contributed by atoms with Crippen molar-refractivity contribution < 1.29 is 0 Å². The molecule has 0 bridgehead atoms. The minimum absolute atomic E-state index is 0. The number of nitrogens with one attached hydrogen (secondary N) is 1. The van der Waals surface area contributed by atoms with Crippen LogP contribution < -0.4 is 5.32 Å². The predicted molar refractivity (Wildman–Crippen MR) is 92.4 cm³/mol. The van der Waals surface area contributed by atoms with Crippen molar-refractivity contribution in [2.24, 2.45) is 0 Å². The number of hydrogen-bond acceptors (Lipinski definition) is 3. The Hall–Kier alpha value is -0.790. The molecular weight excluding hydrogens is 305 g/mol. The lowest BCUT2D eigenvalue weighted by molar-refractivity contribution is 0.175. The van der Waals surface area contributed by atoms with Crippen molar-refractivity contribution in [3.63, 3.8) is 0 Å². The molecule has 21 heavy (non-hydrogen) atoms. The average Bonchev–Trinajstić information content (AvgIpc) is 2.46. The van der Waals surface area contributed by atoms with Crippen molar-refractivity contribution in [3.8, 4) is 6.07 Å². The third-order valence-electron chi connectivity index (χ3n) is 3.86. The van der Waals surface area contributed by atoms with E-state index < -0.39 is 0 Å². The number of rotatable bonds is 4. The van der Waals surface area contributed by atoms with E-state index in [4.69, 9.17) is 5.26 Å². The molecule has 2 rings (SSSR count). The summed E-state index contributed by atoms with van der Waals surface area (Å²) in [6.45, 7) is 8.50. The third-order valence-corrected chi connectivity index (χ3v) is 3.86. The van der Waals surface area contributed by atoms with Gasteiger partial charge >= 0.3 is 0 Å². The molecule has 1 atom stereocenters. The Morgan fingerprint density at radius 2 is 1.62 bits per heavy atom. The summed E-state index contributed by atoms with van der Waals surface area (Å²) in [5.41, 5.74) is 2.63. The van der Waals surface area contributed by atoms with E-state index >= 15 is 0 Å². The summed E-state index contributed by atoms with van der Waals surface area (Å²) in [7, 11) is 0. The highest BCUT2D eigenvalue weighted by atomic mass is 35.5. The summed E-state index contributed by atoms with van der Waals surface area (Å²) in [5, 5.41) is 12.4. The first kappa shape index (κ1) is 20.2. The molecule has 1 aromatic carbocycles. The molecule has 118 valence electrons. The van der Waals surface area contributed by atoms with Gasteiger partial charge in [0.2, 0.25) is 0 Å². The first-order valence-electron chi connectivity index (χ1n) is 7.14. The summed E-state index contributed by atoms with van der Waals surface area (Å²) in [4.78, 5) is 2.42. The fraction of sp³-hybridized carbons (Fsp3) is 0.562. The van der Waals surface area contributed by atoms with Crippen LogP contribution in [0.2, 0.25) is 0 Å². The fourth-order valence-electron chi connectivity index (χ4n) is 2.64. The van der Waals surface area contributed by atoms with E-state index in [0.717, 1.165) is 26.2 Å². The summed E-state index contributed by atoms with van der Waals surface area (Å²) in [6, 6.07) is 11.4. The Morgan fingerprint density at radius 3 is 2.10 bits per heavy atom. The Balaban J connectivity index is 0.00000200. The second kappa shape index (κ2) is 10.0. The van der Waals surface area contributed by atoms with Crippen LogP contribution in [0.15, 0.2) is 24.3 Å². The first-order chi connectivity index (χ1) is 9.22. The van der Waals surface area contributed by atoms with Crippen molar-refractivity contribution >= 4 is 24.8 Å². The molecule has 5 heteroatoms. The third kappa shape index (κ3) is 5.48. The maximum absolute atomic E-state index is 9.08. The van der Waals surface area contributed by atoms with Gasteiger partial charge in [-0.1, -0.05) is 38.1 Å². The Morgan fingerprint density at radius 1 is 1.10 bits per heavy atom. The molecular formula is C16H25Cl2N3. The molecule has 0 aromatic heterocycles. The Labute approximate surface area is 140 Å². The van der Waals surface area contributed by atoms with Crippen molar-refractivity contribution in [2.75, 3.05) is 26.2 Å². The molecule has 1 heterocycles. The number of nitriles is 1. The lowest BCUT2D eigenvalue weighted by Gasteiger charge is -2.34. The fourth-order valence-corrected chi connectivity index (χ4v) is 2.64. The van der Waals surface area contributed by atoms with E-state index in [2.05, 4.69) is 54.4 Å². The van der Waals surface area contributed by atoms with E-state index in [9.17, 15) is 0 Å². The molecule has 0 saturated carbocycles. The molecule has 0 amide bonds. The van der Waals surface area contributed by atoms with Crippen molar-refractivity contribution in [1.82, 2.24) is 10.2 Å². The van der Waals surface area contributed by atoms with Gasteiger partial charge in [-0.05, 0) is 17.0 Å². The number of benzene rings is 1. The molecule has 0 radical (unpaired) electrons. The molecule has 3 nitrogen and oxygen atoms in total. The predicted octanol–water partition coefficient (Wildman–Crippen LogP) is 3.51. The van der Waals surface area contributed by atoms with Gasteiger partial charge in [0.15, 0.2) is 0 Å². The maximum atomic E-state index is 9.08. The molecule has 0 aliphatic carbocycles. The van der Waals surface area contributed by atoms with Gasteiger partial charge in [-0.15, -0.1) is 24.8 Å². The monoisotopic (exact) mass is 329 g/mol. The van der Waals surface area contributed by atoms with Crippen LogP contribution in [0.25, 0.3) is 0 Å². The van der Waals surface area contributed by atoms with Crippen molar-refractivity contribution in [1.29, 1.82) is 5.26 Å². The van der Waals surface area contributed by atoms with Crippen LogP contribution in [-0.2, 0) is 0 Å². The summed E-state index contributed by atoms with van der Waals surface area (Å²) < 4.78 is 0. The van der Waals surface area contributed by atoms with Crippen molar-refractivity contribution in [3.05, 3.63) is 35.4 Å². The maximum Gasteiger partial charge on any atom is 0.0641 e. The molecule has 1 aliphatic heterocycles. The largest absolute Gasteiger partial charge is 0.314 e. The molecule has 0 unspecified atom stereocenters. The van der Waals surface area contributed by atoms with Gasteiger partial charge in [-0.25, -0.2) is 0 Å². The summed E-state index contributed by atoms with van der Waals surface area (Å²) in [5.74, 6) is 0.558. The van der Waals surface area contributed by atoms with Gasteiger partial charge < -0.3 is 5.32 Å². The SMILES string of the molecule is CC(C)c1ccc([C@@H](CC#N)N2CCNCC2)cc1.Cl.Cl. The second-order valence-corrected chi connectivity index (χ2v) is 5.49. The van der Waals surface area contributed by atoms with Gasteiger partial charge in [-0.3, -0.25) is 4.90 Å². The van der Waals surface area contributed by atoms with E-state index in [1.807, 2.05) is 0 Å². The lowest BCUT2D eigenvalue weighted by Crippen LogP contribution is -2.45. The van der Waals surface area contributed by atoms with Crippen LogP contribution in [0.4, 0.5) is 0 Å². The molecule has 1 fully saturated rings. The minimum atomic E-state index is 0. The number of piperazine rings is 1. The highest BCUT2D eigenvalue weighted by Crippen LogP contribution is 2.26. The van der Waals surface area contributed by atoms with Gasteiger partial charge in [0.25, 0.3) is 0 Å². The molecule has 1 aromatic rings. The molecule has 1 aliphatic rings. The Kier molecular flexibility index (Phi) is 9.65. The first-order valence-corrected chi connectivity index (χ1v) is 7.14. The number of halogens is 2.